The highest BCUT2D eigenvalue weighted by molar-refractivity contribution is 9.10. The van der Waals surface area contributed by atoms with Crippen molar-refractivity contribution >= 4 is 15.9 Å². The van der Waals surface area contributed by atoms with Crippen molar-refractivity contribution in [2.75, 3.05) is 7.05 Å². The molecule has 1 N–H and O–H groups in total. The first-order valence-electron chi connectivity index (χ1n) is 8.54. The van der Waals surface area contributed by atoms with Crippen LogP contribution < -0.4 is 5.32 Å². The molecule has 1 atom stereocenters. The fourth-order valence-corrected chi connectivity index (χ4v) is 3.19. The minimum atomic E-state index is 0.492. The van der Waals surface area contributed by atoms with E-state index in [1.165, 1.54) is 72.5 Å². The summed E-state index contributed by atoms with van der Waals surface area (Å²) in [6.07, 6.45) is 10.9. The van der Waals surface area contributed by atoms with Gasteiger partial charge in [-0.15, -0.1) is 0 Å². The number of halogens is 1. The zero-order valence-electron chi connectivity index (χ0n) is 14.3. The van der Waals surface area contributed by atoms with Crippen LogP contribution in [-0.4, -0.2) is 7.05 Å². The summed E-state index contributed by atoms with van der Waals surface area (Å²) in [6.45, 7) is 6.64. The van der Waals surface area contributed by atoms with E-state index in [4.69, 9.17) is 0 Å². The topological polar surface area (TPSA) is 12.0 Å². The largest absolute Gasteiger partial charge is 0.313 e. The van der Waals surface area contributed by atoms with Crippen molar-refractivity contribution in [3.8, 4) is 0 Å². The normalized spacial score (nSPS) is 12.6. The zero-order valence-corrected chi connectivity index (χ0v) is 15.9. The van der Waals surface area contributed by atoms with Gasteiger partial charge in [0.1, 0.15) is 0 Å². The molecular weight excluding hydrogens is 322 g/mol. The zero-order chi connectivity index (χ0) is 15.7. The molecule has 0 saturated heterocycles. The second kappa shape index (κ2) is 10.4. The van der Waals surface area contributed by atoms with Gasteiger partial charge >= 0.3 is 0 Å². The van der Waals surface area contributed by atoms with E-state index in [0.717, 1.165) is 0 Å². The van der Waals surface area contributed by atoms with Gasteiger partial charge in [-0.05, 0) is 44.0 Å². The molecule has 0 aliphatic heterocycles. The van der Waals surface area contributed by atoms with Crippen molar-refractivity contribution in [3.63, 3.8) is 0 Å². The smallest absolute Gasteiger partial charge is 0.0317 e. The molecule has 2 heteroatoms. The molecule has 1 nitrogen and oxygen atoms in total. The summed E-state index contributed by atoms with van der Waals surface area (Å²) in [5.41, 5.74) is 4.11. The maximum absolute atomic E-state index is 3.66. The molecule has 1 aromatic rings. The third-order valence-corrected chi connectivity index (χ3v) is 5.56. The van der Waals surface area contributed by atoms with Crippen molar-refractivity contribution in [2.45, 2.75) is 78.2 Å². The third-order valence-electron chi connectivity index (χ3n) is 4.31. The fraction of sp³-hybridized carbons (Fsp3) is 0.684. The molecule has 0 amide bonds. The number of rotatable bonds is 10. The number of aryl methyl sites for hydroxylation is 2. The summed E-state index contributed by atoms with van der Waals surface area (Å²) >= 11 is 3.66. The van der Waals surface area contributed by atoms with Crippen LogP contribution in [0.1, 0.15) is 81.0 Å². The highest BCUT2D eigenvalue weighted by Gasteiger charge is 2.11. The Morgan fingerprint density at radius 3 is 2.00 bits per heavy atom. The lowest BCUT2D eigenvalue weighted by atomic mass is 9.96. The van der Waals surface area contributed by atoms with Crippen LogP contribution in [0.2, 0.25) is 0 Å². The first-order valence-corrected chi connectivity index (χ1v) is 9.33. The van der Waals surface area contributed by atoms with Gasteiger partial charge in [-0.3, -0.25) is 0 Å². The molecule has 1 aromatic carbocycles. The predicted octanol–water partition coefficient (Wildman–Crippen LogP) is 6.47. The van der Waals surface area contributed by atoms with E-state index in [1.54, 1.807) is 0 Å². The molecule has 1 rings (SSSR count). The van der Waals surface area contributed by atoms with Crippen LogP contribution in [0, 0.1) is 13.8 Å². The summed E-state index contributed by atoms with van der Waals surface area (Å²) in [4.78, 5) is 0. The van der Waals surface area contributed by atoms with E-state index in [-0.39, 0.29) is 0 Å². The molecular formula is C19H32BrN. The summed E-state index contributed by atoms with van der Waals surface area (Å²) in [5, 5.41) is 3.49. The van der Waals surface area contributed by atoms with E-state index < -0.39 is 0 Å². The Morgan fingerprint density at radius 1 is 0.952 bits per heavy atom. The highest BCUT2D eigenvalue weighted by atomic mass is 79.9. The first-order chi connectivity index (χ1) is 10.1. The van der Waals surface area contributed by atoms with Gasteiger partial charge in [-0.25, -0.2) is 0 Å². The van der Waals surface area contributed by atoms with Gasteiger partial charge in [0.25, 0.3) is 0 Å². The molecule has 0 spiro atoms. The lowest BCUT2D eigenvalue weighted by Gasteiger charge is -2.19. The highest BCUT2D eigenvalue weighted by Crippen LogP contribution is 2.28. The molecule has 0 heterocycles. The second-order valence-corrected chi connectivity index (χ2v) is 7.01. The lowest BCUT2D eigenvalue weighted by Crippen LogP contribution is -2.16. The SMILES string of the molecule is CCCCCCCCCC(NC)c1cc(C)c(Br)c(C)c1. The molecule has 1 unspecified atom stereocenters. The number of nitrogens with one attached hydrogen (secondary N) is 1. The standard InChI is InChI=1S/C19H32BrN/c1-5-6-7-8-9-10-11-12-18(21-4)17-13-15(2)19(20)16(3)14-17/h13-14,18,21H,5-12H2,1-4H3. The maximum atomic E-state index is 3.66. The Bertz CT molecular complexity index is 391. The summed E-state index contributed by atoms with van der Waals surface area (Å²) in [6, 6.07) is 5.13. The van der Waals surface area contributed by atoms with Gasteiger partial charge in [-0.2, -0.15) is 0 Å². The van der Waals surface area contributed by atoms with Crippen molar-refractivity contribution in [1.82, 2.24) is 5.32 Å². The van der Waals surface area contributed by atoms with Gasteiger partial charge in [0, 0.05) is 10.5 Å². The summed E-state index contributed by atoms with van der Waals surface area (Å²) in [5.74, 6) is 0. The van der Waals surface area contributed by atoms with Gasteiger partial charge in [-0.1, -0.05) is 79.9 Å². The quantitative estimate of drug-likeness (QED) is 0.475. The fourth-order valence-electron chi connectivity index (χ4n) is 2.96. The Labute approximate surface area is 140 Å². The Balaban J connectivity index is 2.41. The molecule has 120 valence electrons. The molecule has 0 fully saturated rings. The van der Waals surface area contributed by atoms with E-state index in [9.17, 15) is 0 Å². The first kappa shape index (κ1) is 18.7. The minimum Gasteiger partial charge on any atom is -0.313 e. The average Bonchev–Trinajstić information content (AvgIpc) is 2.47. The minimum absolute atomic E-state index is 0.492. The number of hydrogen-bond donors (Lipinski definition) is 1. The van der Waals surface area contributed by atoms with Crippen LogP contribution >= 0.6 is 15.9 Å². The van der Waals surface area contributed by atoms with E-state index in [1.807, 2.05) is 0 Å². The van der Waals surface area contributed by atoms with Crippen molar-refractivity contribution in [3.05, 3.63) is 33.3 Å². The van der Waals surface area contributed by atoms with Crippen LogP contribution in [-0.2, 0) is 0 Å². The molecule has 0 aliphatic carbocycles. The van der Waals surface area contributed by atoms with E-state index >= 15 is 0 Å². The summed E-state index contributed by atoms with van der Waals surface area (Å²) in [7, 11) is 2.08. The van der Waals surface area contributed by atoms with Crippen LogP contribution in [0.5, 0.6) is 0 Å². The van der Waals surface area contributed by atoms with Crippen LogP contribution in [0.15, 0.2) is 16.6 Å². The van der Waals surface area contributed by atoms with Gasteiger partial charge in [0.15, 0.2) is 0 Å². The molecule has 0 aliphatic rings. The van der Waals surface area contributed by atoms with Gasteiger partial charge < -0.3 is 5.32 Å². The van der Waals surface area contributed by atoms with Crippen molar-refractivity contribution < 1.29 is 0 Å². The predicted molar refractivity (Wildman–Crippen MR) is 98.0 cm³/mol. The lowest BCUT2D eigenvalue weighted by molar-refractivity contribution is 0.495. The van der Waals surface area contributed by atoms with Crippen molar-refractivity contribution in [1.29, 1.82) is 0 Å². The Kier molecular flexibility index (Phi) is 9.26. The Morgan fingerprint density at radius 2 is 1.48 bits per heavy atom. The molecule has 0 aromatic heterocycles. The average molecular weight is 354 g/mol. The number of hydrogen-bond acceptors (Lipinski definition) is 1. The molecule has 0 bridgehead atoms. The van der Waals surface area contributed by atoms with Crippen molar-refractivity contribution in [2.24, 2.45) is 0 Å². The van der Waals surface area contributed by atoms with Crippen LogP contribution in [0.3, 0.4) is 0 Å². The van der Waals surface area contributed by atoms with Crippen LogP contribution in [0.4, 0.5) is 0 Å². The summed E-state index contributed by atoms with van der Waals surface area (Å²) < 4.78 is 1.25. The maximum Gasteiger partial charge on any atom is 0.0317 e. The molecule has 0 saturated carbocycles. The molecule has 0 radical (unpaired) electrons. The number of unbranched alkanes of at least 4 members (excludes halogenated alkanes) is 6. The van der Waals surface area contributed by atoms with E-state index in [0.29, 0.717) is 6.04 Å². The third kappa shape index (κ3) is 6.52. The van der Waals surface area contributed by atoms with Gasteiger partial charge in [0.05, 0.1) is 0 Å². The second-order valence-electron chi connectivity index (χ2n) is 6.22. The Hall–Kier alpha value is -0.340. The molecule has 21 heavy (non-hydrogen) atoms. The monoisotopic (exact) mass is 353 g/mol. The van der Waals surface area contributed by atoms with Crippen LogP contribution in [0.25, 0.3) is 0 Å². The number of benzene rings is 1. The van der Waals surface area contributed by atoms with E-state index in [2.05, 4.69) is 61.2 Å². The van der Waals surface area contributed by atoms with Gasteiger partial charge in [0.2, 0.25) is 0 Å².